The first-order valence-corrected chi connectivity index (χ1v) is 9.13. The van der Waals surface area contributed by atoms with Crippen molar-refractivity contribution in [2.75, 3.05) is 11.9 Å². The number of Topliss-reactive ketones (excluding diaryl/α,β-unsaturated/α-hetero) is 1. The third-order valence-electron chi connectivity index (χ3n) is 5.47. The van der Waals surface area contributed by atoms with Gasteiger partial charge in [-0.05, 0) is 50.1 Å². The predicted octanol–water partition coefficient (Wildman–Crippen LogP) is 3.48. The lowest BCUT2D eigenvalue weighted by molar-refractivity contribution is -0.119. The number of aryl methyl sites for hydroxylation is 1. The largest absolute Gasteiger partial charge is 0.343 e. The Morgan fingerprint density at radius 2 is 2.04 bits per heavy atom. The minimum Gasteiger partial charge on any atom is -0.343 e. The SMILES string of the molecule is Br.CCc1ccc2c(n1)C(=N)N(CC(=O)c1ccc3c(c1)C(C)(C)C(=O)N3)C2. The number of amides is 1. The fraction of sp³-hybridized carbons (Fsp3) is 0.333. The number of anilines is 1. The summed E-state index contributed by atoms with van der Waals surface area (Å²) < 4.78 is 0. The first kappa shape index (κ1) is 20.2. The number of halogens is 1. The van der Waals surface area contributed by atoms with Gasteiger partial charge in [0.15, 0.2) is 5.78 Å². The van der Waals surface area contributed by atoms with Crippen molar-refractivity contribution >= 4 is 40.2 Å². The third kappa shape index (κ3) is 3.13. The molecule has 3 heterocycles. The summed E-state index contributed by atoms with van der Waals surface area (Å²) in [4.78, 5) is 31.2. The average molecular weight is 443 g/mol. The van der Waals surface area contributed by atoms with Gasteiger partial charge in [-0.15, -0.1) is 17.0 Å². The Labute approximate surface area is 174 Å². The Morgan fingerprint density at radius 1 is 1.29 bits per heavy atom. The maximum Gasteiger partial charge on any atom is 0.234 e. The molecule has 0 aliphatic carbocycles. The van der Waals surface area contributed by atoms with Gasteiger partial charge >= 0.3 is 0 Å². The van der Waals surface area contributed by atoms with Crippen molar-refractivity contribution in [3.63, 3.8) is 0 Å². The van der Waals surface area contributed by atoms with Gasteiger partial charge in [-0.3, -0.25) is 15.0 Å². The molecule has 0 atom stereocenters. The quantitative estimate of drug-likeness (QED) is 0.709. The molecule has 0 radical (unpaired) electrons. The molecule has 28 heavy (non-hydrogen) atoms. The number of amidine groups is 1. The van der Waals surface area contributed by atoms with E-state index in [9.17, 15) is 9.59 Å². The second-order valence-electron chi connectivity index (χ2n) is 7.63. The summed E-state index contributed by atoms with van der Waals surface area (Å²) in [6.07, 6.45) is 0.817. The number of hydrogen-bond donors (Lipinski definition) is 2. The number of ketones is 1. The molecule has 2 N–H and O–H groups in total. The molecule has 146 valence electrons. The zero-order valence-corrected chi connectivity index (χ0v) is 17.8. The number of nitrogens with zero attached hydrogens (tertiary/aromatic N) is 2. The van der Waals surface area contributed by atoms with E-state index in [1.165, 1.54) is 0 Å². The van der Waals surface area contributed by atoms with Gasteiger partial charge in [-0.25, -0.2) is 4.98 Å². The van der Waals surface area contributed by atoms with Crippen molar-refractivity contribution in [1.29, 1.82) is 5.41 Å². The lowest BCUT2D eigenvalue weighted by Gasteiger charge is -2.18. The van der Waals surface area contributed by atoms with Crippen LogP contribution in [-0.2, 0) is 23.2 Å². The van der Waals surface area contributed by atoms with Crippen molar-refractivity contribution in [3.8, 4) is 0 Å². The summed E-state index contributed by atoms with van der Waals surface area (Å²) in [7, 11) is 0. The van der Waals surface area contributed by atoms with Crippen molar-refractivity contribution < 1.29 is 9.59 Å². The van der Waals surface area contributed by atoms with Gasteiger partial charge in [-0.2, -0.15) is 0 Å². The van der Waals surface area contributed by atoms with Crippen molar-refractivity contribution in [3.05, 3.63) is 58.4 Å². The van der Waals surface area contributed by atoms with E-state index in [0.29, 0.717) is 23.6 Å². The molecular weight excluding hydrogens is 420 g/mol. The fourth-order valence-electron chi connectivity index (χ4n) is 3.64. The highest BCUT2D eigenvalue weighted by molar-refractivity contribution is 8.93. The van der Waals surface area contributed by atoms with Crippen LogP contribution in [0, 0.1) is 5.41 Å². The second-order valence-corrected chi connectivity index (χ2v) is 7.63. The summed E-state index contributed by atoms with van der Waals surface area (Å²) in [5.41, 5.74) is 4.12. The minimum atomic E-state index is -0.650. The number of hydrogen-bond acceptors (Lipinski definition) is 4. The second kappa shape index (κ2) is 7.13. The highest BCUT2D eigenvalue weighted by Crippen LogP contribution is 2.37. The predicted molar refractivity (Wildman–Crippen MR) is 114 cm³/mol. The number of fused-ring (bicyclic) bond motifs is 2. The van der Waals surface area contributed by atoms with Crippen LogP contribution in [0.15, 0.2) is 30.3 Å². The Kier molecular flexibility index (Phi) is 5.14. The number of aromatic nitrogens is 1. The van der Waals surface area contributed by atoms with Crippen molar-refractivity contribution in [2.24, 2.45) is 0 Å². The van der Waals surface area contributed by atoms with E-state index in [0.717, 1.165) is 28.9 Å². The molecule has 0 spiro atoms. The van der Waals surface area contributed by atoms with Crippen LogP contribution in [0.3, 0.4) is 0 Å². The van der Waals surface area contributed by atoms with E-state index in [1.54, 1.807) is 23.1 Å². The van der Waals surface area contributed by atoms with Crippen LogP contribution >= 0.6 is 17.0 Å². The monoisotopic (exact) mass is 442 g/mol. The van der Waals surface area contributed by atoms with E-state index >= 15 is 0 Å². The number of carbonyl (C=O) groups excluding carboxylic acids is 2. The van der Waals surface area contributed by atoms with Gasteiger partial charge in [-0.1, -0.05) is 13.0 Å². The van der Waals surface area contributed by atoms with Crippen LogP contribution in [0.2, 0.25) is 0 Å². The number of rotatable bonds is 4. The standard InChI is InChI=1S/C21H22N4O2.BrH/c1-4-14-7-5-13-10-25(19(22)18(13)23-14)11-17(26)12-6-8-16-15(9-12)21(2,3)20(27)24-16;/h5-9,22H,4,10-11H2,1-3H3,(H,24,27);1H. The summed E-state index contributed by atoms with van der Waals surface area (Å²) in [5.74, 6) is 0.171. The summed E-state index contributed by atoms with van der Waals surface area (Å²) in [5, 5.41) is 11.2. The first-order valence-electron chi connectivity index (χ1n) is 9.13. The minimum absolute atomic E-state index is 0. The van der Waals surface area contributed by atoms with Crippen LogP contribution < -0.4 is 5.32 Å². The molecule has 0 bridgehead atoms. The Morgan fingerprint density at radius 3 is 2.75 bits per heavy atom. The molecule has 0 saturated heterocycles. The topological polar surface area (TPSA) is 86.2 Å². The highest BCUT2D eigenvalue weighted by atomic mass is 79.9. The highest BCUT2D eigenvalue weighted by Gasteiger charge is 2.38. The molecule has 2 aliphatic heterocycles. The molecule has 7 heteroatoms. The van der Waals surface area contributed by atoms with Gasteiger partial charge in [0.2, 0.25) is 5.91 Å². The van der Waals surface area contributed by atoms with E-state index in [-0.39, 0.29) is 35.2 Å². The lowest BCUT2D eigenvalue weighted by Crippen LogP contribution is -2.31. The zero-order valence-electron chi connectivity index (χ0n) is 16.1. The number of nitrogens with one attached hydrogen (secondary N) is 2. The molecule has 6 nitrogen and oxygen atoms in total. The maximum absolute atomic E-state index is 12.8. The van der Waals surface area contributed by atoms with E-state index in [4.69, 9.17) is 5.41 Å². The zero-order chi connectivity index (χ0) is 19.3. The van der Waals surface area contributed by atoms with E-state index < -0.39 is 5.41 Å². The molecule has 1 aromatic heterocycles. The summed E-state index contributed by atoms with van der Waals surface area (Å²) >= 11 is 0. The van der Waals surface area contributed by atoms with Crippen LogP contribution in [0.25, 0.3) is 0 Å². The summed E-state index contributed by atoms with van der Waals surface area (Å²) in [6, 6.07) is 9.30. The molecule has 0 fully saturated rings. The van der Waals surface area contributed by atoms with Gasteiger partial charge < -0.3 is 10.2 Å². The maximum atomic E-state index is 12.8. The van der Waals surface area contributed by atoms with Crippen LogP contribution in [-0.4, -0.2) is 34.0 Å². The van der Waals surface area contributed by atoms with Gasteiger partial charge in [0.25, 0.3) is 0 Å². The van der Waals surface area contributed by atoms with Crippen LogP contribution in [0.4, 0.5) is 5.69 Å². The molecule has 1 aromatic carbocycles. The molecular formula is C21H23BrN4O2. The Bertz CT molecular complexity index is 1000. The van der Waals surface area contributed by atoms with Crippen molar-refractivity contribution in [2.45, 2.75) is 39.2 Å². The molecule has 4 rings (SSSR count). The molecule has 0 unspecified atom stereocenters. The molecule has 2 aliphatic rings. The van der Waals surface area contributed by atoms with Gasteiger partial charge in [0.05, 0.1) is 12.0 Å². The Hall–Kier alpha value is -2.54. The first-order chi connectivity index (χ1) is 12.8. The molecule has 2 aromatic rings. The smallest absolute Gasteiger partial charge is 0.234 e. The van der Waals surface area contributed by atoms with Gasteiger partial charge in [0.1, 0.15) is 11.5 Å². The fourth-order valence-corrected chi connectivity index (χ4v) is 3.64. The third-order valence-corrected chi connectivity index (χ3v) is 5.47. The van der Waals surface area contributed by atoms with E-state index in [1.807, 2.05) is 32.9 Å². The van der Waals surface area contributed by atoms with Crippen molar-refractivity contribution in [1.82, 2.24) is 9.88 Å². The van der Waals surface area contributed by atoms with Gasteiger partial charge in [0, 0.05) is 29.1 Å². The number of carbonyl (C=O) groups is 2. The molecule has 1 amide bonds. The van der Waals surface area contributed by atoms with Crippen LogP contribution in [0.1, 0.15) is 53.6 Å². The van der Waals surface area contributed by atoms with E-state index in [2.05, 4.69) is 10.3 Å². The number of pyridine rings is 1. The average Bonchev–Trinajstić information content (AvgIpc) is 3.08. The number of benzene rings is 1. The molecule has 0 saturated carbocycles. The lowest BCUT2D eigenvalue weighted by atomic mass is 9.85. The Balaban J connectivity index is 0.00000225. The van der Waals surface area contributed by atoms with Crippen LogP contribution in [0.5, 0.6) is 0 Å². The summed E-state index contributed by atoms with van der Waals surface area (Å²) in [6.45, 7) is 6.38. The normalized spacial score (nSPS) is 16.3.